The summed E-state index contributed by atoms with van der Waals surface area (Å²) in [6.45, 7) is 11.4. The molecule has 2 unspecified atom stereocenters. The fourth-order valence-electron chi connectivity index (χ4n) is 2.65. The minimum Gasteiger partial charge on any atom is -0.391 e. The summed E-state index contributed by atoms with van der Waals surface area (Å²) in [6.07, 6.45) is 10.3. The first kappa shape index (κ1) is 19.9. The third-order valence-corrected chi connectivity index (χ3v) is 3.87. The summed E-state index contributed by atoms with van der Waals surface area (Å²) in [7, 11) is 0. The van der Waals surface area contributed by atoms with Crippen molar-refractivity contribution in [1.29, 1.82) is 0 Å². The van der Waals surface area contributed by atoms with Crippen molar-refractivity contribution in [3.63, 3.8) is 0 Å². The number of hydrogen-bond acceptors (Lipinski definition) is 2. The van der Waals surface area contributed by atoms with E-state index in [0.717, 1.165) is 18.9 Å². The number of aliphatic hydroxyl groups is 1. The van der Waals surface area contributed by atoms with Crippen LogP contribution in [0.5, 0.6) is 0 Å². The second-order valence-corrected chi connectivity index (χ2v) is 6.98. The molecule has 2 nitrogen and oxygen atoms in total. The fourth-order valence-corrected chi connectivity index (χ4v) is 2.65. The third-order valence-electron chi connectivity index (χ3n) is 3.87. The molecule has 0 fully saturated rings. The number of unbranched alkanes of at least 4 members (excludes halogenated alkanes) is 6. The Hall–Kier alpha value is -0.0800. The highest BCUT2D eigenvalue weighted by atomic mass is 16.5. The lowest BCUT2D eigenvalue weighted by molar-refractivity contribution is -0.0548. The van der Waals surface area contributed by atoms with Crippen LogP contribution in [0.3, 0.4) is 0 Å². The molecule has 2 heteroatoms. The van der Waals surface area contributed by atoms with E-state index in [4.69, 9.17) is 4.74 Å². The van der Waals surface area contributed by atoms with E-state index in [1.165, 1.54) is 44.9 Å². The van der Waals surface area contributed by atoms with Gasteiger partial charge in [0.05, 0.1) is 12.2 Å². The van der Waals surface area contributed by atoms with E-state index in [0.29, 0.717) is 5.92 Å². The van der Waals surface area contributed by atoms with Crippen LogP contribution in [0.15, 0.2) is 0 Å². The molecule has 20 heavy (non-hydrogen) atoms. The maximum absolute atomic E-state index is 9.62. The Bertz CT molecular complexity index is 192. The number of rotatable bonds is 13. The molecule has 0 rings (SSSR count). The van der Waals surface area contributed by atoms with Crippen LogP contribution in [0.4, 0.5) is 0 Å². The summed E-state index contributed by atoms with van der Waals surface area (Å²) >= 11 is 0. The molecule has 0 aliphatic carbocycles. The van der Waals surface area contributed by atoms with Crippen molar-refractivity contribution < 1.29 is 9.84 Å². The van der Waals surface area contributed by atoms with Crippen LogP contribution in [0, 0.1) is 11.8 Å². The van der Waals surface area contributed by atoms with Gasteiger partial charge in [-0.05, 0) is 25.2 Å². The van der Waals surface area contributed by atoms with Crippen LogP contribution in [-0.2, 0) is 4.74 Å². The van der Waals surface area contributed by atoms with Gasteiger partial charge in [-0.2, -0.15) is 0 Å². The van der Waals surface area contributed by atoms with E-state index in [2.05, 4.69) is 27.7 Å². The van der Waals surface area contributed by atoms with Crippen molar-refractivity contribution in [3.05, 3.63) is 0 Å². The van der Waals surface area contributed by atoms with E-state index in [1.54, 1.807) is 0 Å². The predicted molar refractivity (Wildman–Crippen MR) is 88.0 cm³/mol. The van der Waals surface area contributed by atoms with Crippen molar-refractivity contribution in [2.75, 3.05) is 6.61 Å². The maximum Gasteiger partial charge on any atom is 0.0853 e. The Balaban J connectivity index is 3.32. The van der Waals surface area contributed by atoms with Gasteiger partial charge in [-0.1, -0.05) is 72.6 Å². The molecule has 0 saturated heterocycles. The monoisotopic (exact) mass is 286 g/mol. The average molecular weight is 286 g/mol. The Morgan fingerprint density at radius 2 is 1.25 bits per heavy atom. The summed E-state index contributed by atoms with van der Waals surface area (Å²) in [4.78, 5) is 0. The van der Waals surface area contributed by atoms with E-state index in [9.17, 15) is 5.11 Å². The number of ether oxygens (including phenoxy) is 1. The van der Waals surface area contributed by atoms with Crippen molar-refractivity contribution >= 4 is 0 Å². The molecule has 122 valence electrons. The molecule has 0 bridgehead atoms. The standard InChI is InChI=1S/C18H38O2/c1-15(2)13-11-9-7-6-8-10-12-14-20-18(16(3)4)17(5)19/h15-19H,6-14H2,1-5H3. The van der Waals surface area contributed by atoms with E-state index in [1.807, 2.05) is 6.92 Å². The zero-order valence-corrected chi connectivity index (χ0v) is 14.5. The lowest BCUT2D eigenvalue weighted by Gasteiger charge is -2.24. The molecule has 0 aromatic rings. The van der Waals surface area contributed by atoms with Gasteiger partial charge in [-0.25, -0.2) is 0 Å². The zero-order valence-electron chi connectivity index (χ0n) is 14.5. The van der Waals surface area contributed by atoms with Crippen molar-refractivity contribution in [2.45, 2.75) is 98.2 Å². The first-order valence-electron chi connectivity index (χ1n) is 8.74. The van der Waals surface area contributed by atoms with Crippen LogP contribution < -0.4 is 0 Å². The van der Waals surface area contributed by atoms with Crippen LogP contribution in [-0.4, -0.2) is 23.9 Å². The lowest BCUT2D eigenvalue weighted by Crippen LogP contribution is -2.31. The summed E-state index contributed by atoms with van der Waals surface area (Å²) in [6, 6.07) is 0. The Morgan fingerprint density at radius 3 is 1.70 bits per heavy atom. The Labute approximate surface area is 127 Å². The third kappa shape index (κ3) is 11.7. The highest BCUT2D eigenvalue weighted by Crippen LogP contribution is 2.14. The molecule has 0 aromatic heterocycles. The average Bonchev–Trinajstić information content (AvgIpc) is 2.34. The first-order valence-corrected chi connectivity index (χ1v) is 8.74. The number of hydrogen-bond donors (Lipinski definition) is 1. The minimum atomic E-state index is -0.365. The summed E-state index contributed by atoms with van der Waals surface area (Å²) in [5.74, 6) is 1.24. The molecule has 0 aliphatic heterocycles. The van der Waals surface area contributed by atoms with Gasteiger partial charge in [0.15, 0.2) is 0 Å². The van der Waals surface area contributed by atoms with Gasteiger partial charge in [-0.3, -0.25) is 0 Å². The SMILES string of the molecule is CC(C)CCCCCCCCCOC(C(C)C)C(C)O. The molecule has 2 atom stereocenters. The van der Waals surface area contributed by atoms with Crippen molar-refractivity contribution in [2.24, 2.45) is 11.8 Å². The smallest absolute Gasteiger partial charge is 0.0853 e. The molecule has 0 aliphatic rings. The van der Waals surface area contributed by atoms with Gasteiger partial charge in [0.25, 0.3) is 0 Å². The fraction of sp³-hybridized carbons (Fsp3) is 1.00. The summed E-state index contributed by atoms with van der Waals surface area (Å²) in [5.41, 5.74) is 0. The molecule has 0 radical (unpaired) electrons. The highest BCUT2D eigenvalue weighted by Gasteiger charge is 2.18. The van der Waals surface area contributed by atoms with E-state index < -0.39 is 0 Å². The van der Waals surface area contributed by atoms with Crippen molar-refractivity contribution in [1.82, 2.24) is 0 Å². The maximum atomic E-state index is 9.62. The quantitative estimate of drug-likeness (QED) is 0.472. The second-order valence-electron chi connectivity index (χ2n) is 6.98. The topological polar surface area (TPSA) is 29.5 Å². The molecular formula is C18H38O2. The Morgan fingerprint density at radius 1 is 0.750 bits per heavy atom. The molecule has 0 heterocycles. The molecular weight excluding hydrogens is 248 g/mol. The molecule has 0 amide bonds. The van der Waals surface area contributed by atoms with E-state index >= 15 is 0 Å². The van der Waals surface area contributed by atoms with Gasteiger partial charge < -0.3 is 9.84 Å². The van der Waals surface area contributed by atoms with Gasteiger partial charge >= 0.3 is 0 Å². The largest absolute Gasteiger partial charge is 0.391 e. The second kappa shape index (κ2) is 12.6. The van der Waals surface area contributed by atoms with Crippen LogP contribution >= 0.6 is 0 Å². The Kier molecular flexibility index (Phi) is 12.6. The zero-order chi connectivity index (χ0) is 15.4. The minimum absolute atomic E-state index is 0.00830. The molecule has 0 saturated carbocycles. The van der Waals surface area contributed by atoms with Crippen LogP contribution in [0.2, 0.25) is 0 Å². The molecule has 1 N–H and O–H groups in total. The van der Waals surface area contributed by atoms with Crippen LogP contribution in [0.25, 0.3) is 0 Å². The van der Waals surface area contributed by atoms with Gasteiger partial charge in [0, 0.05) is 6.61 Å². The number of aliphatic hydroxyl groups excluding tert-OH is 1. The summed E-state index contributed by atoms with van der Waals surface area (Å²) < 4.78 is 5.79. The molecule has 0 spiro atoms. The normalized spacial score (nSPS) is 15.0. The lowest BCUT2D eigenvalue weighted by atomic mass is 10.0. The molecule has 0 aromatic carbocycles. The van der Waals surface area contributed by atoms with Gasteiger partial charge in [0.2, 0.25) is 0 Å². The van der Waals surface area contributed by atoms with Gasteiger partial charge in [-0.15, -0.1) is 0 Å². The van der Waals surface area contributed by atoms with Crippen LogP contribution in [0.1, 0.15) is 86.0 Å². The first-order chi connectivity index (χ1) is 9.45. The van der Waals surface area contributed by atoms with Crippen molar-refractivity contribution in [3.8, 4) is 0 Å². The van der Waals surface area contributed by atoms with Gasteiger partial charge in [0.1, 0.15) is 0 Å². The predicted octanol–water partition coefficient (Wildman–Crippen LogP) is 5.19. The summed E-state index contributed by atoms with van der Waals surface area (Å²) in [5, 5.41) is 9.62. The highest BCUT2D eigenvalue weighted by molar-refractivity contribution is 4.68. The van der Waals surface area contributed by atoms with E-state index in [-0.39, 0.29) is 12.2 Å².